The zero-order valence-corrected chi connectivity index (χ0v) is 18.9. The Hall–Kier alpha value is -3.05. The lowest BCUT2D eigenvalue weighted by Crippen LogP contribution is -2.49. The maximum absolute atomic E-state index is 13.1. The fraction of sp³-hybridized carbons (Fsp3) is 0.429. The Balaban J connectivity index is 1.45. The van der Waals surface area contributed by atoms with Gasteiger partial charge in [-0.2, -0.15) is 9.29 Å². The van der Waals surface area contributed by atoms with Crippen LogP contribution in [0.5, 0.6) is 0 Å². The molecule has 2 amide bonds. The number of hydrogen-bond donors (Lipinski definition) is 1. The fourth-order valence-corrected chi connectivity index (χ4v) is 5.31. The fourth-order valence-electron chi connectivity index (χ4n) is 3.89. The Morgan fingerprint density at radius 3 is 2.19 bits per heavy atom. The lowest BCUT2D eigenvalue weighted by molar-refractivity contribution is -0.121. The minimum atomic E-state index is -3.69. The van der Waals surface area contributed by atoms with E-state index in [1.165, 1.54) is 28.6 Å². The number of amides is 2. The van der Waals surface area contributed by atoms with Crippen molar-refractivity contribution < 1.29 is 18.0 Å². The van der Waals surface area contributed by atoms with Gasteiger partial charge in [0, 0.05) is 57.3 Å². The van der Waals surface area contributed by atoms with E-state index in [2.05, 4.69) is 20.2 Å². The van der Waals surface area contributed by atoms with Gasteiger partial charge in [-0.25, -0.2) is 13.4 Å². The number of hydrogen-bond acceptors (Lipinski definition) is 8. The molecule has 0 radical (unpaired) electrons. The van der Waals surface area contributed by atoms with Crippen molar-refractivity contribution in [2.24, 2.45) is 0 Å². The van der Waals surface area contributed by atoms with E-state index in [1.54, 1.807) is 0 Å². The summed E-state index contributed by atoms with van der Waals surface area (Å²) in [4.78, 5) is 36.0. The average molecular weight is 459 g/mol. The first-order chi connectivity index (χ1) is 15.3. The van der Waals surface area contributed by atoms with Gasteiger partial charge < -0.3 is 10.2 Å². The van der Waals surface area contributed by atoms with Crippen LogP contribution in [-0.2, 0) is 19.6 Å². The minimum absolute atomic E-state index is 0.140. The third kappa shape index (κ3) is 4.30. The Kier molecular flexibility index (Phi) is 6.11. The minimum Gasteiger partial charge on any atom is -0.354 e. The van der Waals surface area contributed by atoms with Crippen LogP contribution in [0.1, 0.15) is 25.5 Å². The van der Waals surface area contributed by atoms with Crippen LogP contribution in [0.15, 0.2) is 35.2 Å². The van der Waals surface area contributed by atoms with Crippen molar-refractivity contribution in [3.05, 3.63) is 36.0 Å². The molecule has 0 bridgehead atoms. The summed E-state index contributed by atoms with van der Waals surface area (Å²) < 4.78 is 27.7. The number of nitrogens with one attached hydrogen (secondary N) is 1. The van der Waals surface area contributed by atoms with Gasteiger partial charge in [-0.15, -0.1) is 0 Å². The highest BCUT2D eigenvalue weighted by atomic mass is 32.2. The second kappa shape index (κ2) is 8.83. The van der Waals surface area contributed by atoms with Crippen LogP contribution in [0.4, 0.5) is 17.5 Å². The molecule has 0 saturated carbocycles. The van der Waals surface area contributed by atoms with Gasteiger partial charge in [-0.05, 0) is 38.1 Å². The third-order valence-electron chi connectivity index (χ3n) is 5.52. The van der Waals surface area contributed by atoms with Gasteiger partial charge in [0.15, 0.2) is 0 Å². The maximum Gasteiger partial charge on any atom is 0.243 e. The number of benzene rings is 1. The highest BCUT2D eigenvalue weighted by Crippen LogP contribution is 2.26. The van der Waals surface area contributed by atoms with Crippen molar-refractivity contribution >= 4 is 39.3 Å². The van der Waals surface area contributed by atoms with Crippen LogP contribution in [0.25, 0.3) is 0 Å². The molecular weight excluding hydrogens is 432 g/mol. The lowest BCUT2D eigenvalue weighted by Gasteiger charge is -2.34. The number of carbonyl (C=O) groups excluding carboxylic acids is 2. The van der Waals surface area contributed by atoms with E-state index in [9.17, 15) is 18.0 Å². The normalized spacial score (nSPS) is 17.8. The summed E-state index contributed by atoms with van der Waals surface area (Å²) in [6.07, 6.45) is 0.371. The van der Waals surface area contributed by atoms with Crippen LogP contribution in [0.2, 0.25) is 0 Å². The van der Waals surface area contributed by atoms with E-state index in [-0.39, 0.29) is 29.6 Å². The Labute approximate surface area is 187 Å². The van der Waals surface area contributed by atoms with E-state index in [1.807, 2.05) is 19.9 Å². The van der Waals surface area contributed by atoms with E-state index < -0.39 is 10.0 Å². The van der Waals surface area contributed by atoms with Gasteiger partial charge in [-0.1, -0.05) is 0 Å². The number of carbonyl (C=O) groups is 2. The second-order valence-corrected chi connectivity index (χ2v) is 9.67. The SMILES string of the molecule is CCNc1nc(C)cc(N2CCN(S(=O)(=O)c3ccc(N4C(=O)CCC4=O)cc3)CC2)n1. The first-order valence-corrected chi connectivity index (χ1v) is 12.0. The molecule has 0 aliphatic carbocycles. The molecule has 2 aliphatic rings. The molecule has 1 aromatic heterocycles. The molecule has 10 nitrogen and oxygen atoms in total. The predicted octanol–water partition coefficient (Wildman–Crippen LogP) is 1.38. The highest BCUT2D eigenvalue weighted by Gasteiger charge is 2.32. The molecule has 3 heterocycles. The molecule has 2 saturated heterocycles. The quantitative estimate of drug-likeness (QED) is 0.646. The van der Waals surface area contributed by atoms with Crippen LogP contribution < -0.4 is 15.1 Å². The molecular formula is C21H26N6O4S. The molecule has 170 valence electrons. The van der Waals surface area contributed by atoms with Crippen molar-refractivity contribution in [1.82, 2.24) is 14.3 Å². The third-order valence-corrected chi connectivity index (χ3v) is 7.44. The van der Waals surface area contributed by atoms with Gasteiger partial charge >= 0.3 is 0 Å². The molecule has 32 heavy (non-hydrogen) atoms. The van der Waals surface area contributed by atoms with Crippen molar-refractivity contribution in [2.45, 2.75) is 31.6 Å². The number of piperazine rings is 1. The molecule has 2 aliphatic heterocycles. The largest absolute Gasteiger partial charge is 0.354 e. The van der Waals surface area contributed by atoms with Gasteiger partial charge in [-0.3, -0.25) is 14.5 Å². The molecule has 1 N–H and O–H groups in total. The summed E-state index contributed by atoms with van der Waals surface area (Å²) in [7, 11) is -3.69. The van der Waals surface area contributed by atoms with Gasteiger partial charge in [0.1, 0.15) is 5.82 Å². The Bertz CT molecular complexity index is 1110. The number of anilines is 3. The van der Waals surface area contributed by atoms with E-state index >= 15 is 0 Å². The monoisotopic (exact) mass is 458 g/mol. The number of aromatic nitrogens is 2. The maximum atomic E-state index is 13.1. The molecule has 2 aromatic rings. The summed E-state index contributed by atoms with van der Waals surface area (Å²) >= 11 is 0. The number of imide groups is 1. The zero-order valence-electron chi connectivity index (χ0n) is 18.1. The topological polar surface area (TPSA) is 116 Å². The summed E-state index contributed by atoms with van der Waals surface area (Å²) in [5.41, 5.74) is 1.24. The Morgan fingerprint density at radius 1 is 0.969 bits per heavy atom. The first kappa shape index (κ1) is 22.2. The molecule has 4 rings (SSSR count). The highest BCUT2D eigenvalue weighted by molar-refractivity contribution is 7.89. The number of rotatable bonds is 6. The summed E-state index contributed by atoms with van der Waals surface area (Å²) in [5.74, 6) is 0.806. The summed E-state index contributed by atoms with van der Waals surface area (Å²) in [5, 5.41) is 3.11. The molecule has 2 fully saturated rings. The smallest absolute Gasteiger partial charge is 0.243 e. The van der Waals surface area contributed by atoms with Crippen LogP contribution in [0, 0.1) is 6.92 Å². The molecule has 11 heteroatoms. The molecule has 0 atom stereocenters. The van der Waals surface area contributed by atoms with Gasteiger partial charge in [0.05, 0.1) is 10.6 Å². The number of aryl methyl sites for hydroxylation is 1. The van der Waals surface area contributed by atoms with Crippen LogP contribution in [0.3, 0.4) is 0 Å². The van der Waals surface area contributed by atoms with E-state index in [0.717, 1.165) is 16.4 Å². The van der Waals surface area contributed by atoms with Gasteiger partial charge in [0.2, 0.25) is 27.8 Å². The Morgan fingerprint density at radius 2 is 1.59 bits per heavy atom. The van der Waals surface area contributed by atoms with E-state index in [4.69, 9.17) is 0 Å². The summed E-state index contributed by atoms with van der Waals surface area (Å²) in [6.45, 7) is 6.27. The first-order valence-electron chi connectivity index (χ1n) is 10.6. The van der Waals surface area contributed by atoms with Crippen LogP contribution in [-0.4, -0.2) is 67.2 Å². The summed E-state index contributed by atoms with van der Waals surface area (Å²) in [6, 6.07) is 7.82. The molecule has 0 unspecified atom stereocenters. The van der Waals surface area contributed by atoms with Crippen molar-refractivity contribution in [3.63, 3.8) is 0 Å². The number of sulfonamides is 1. The average Bonchev–Trinajstić information content (AvgIpc) is 3.11. The van der Waals surface area contributed by atoms with Crippen molar-refractivity contribution in [2.75, 3.05) is 47.8 Å². The molecule has 1 aromatic carbocycles. The van der Waals surface area contributed by atoms with E-state index in [0.29, 0.717) is 44.4 Å². The lowest BCUT2D eigenvalue weighted by atomic mass is 10.3. The van der Waals surface area contributed by atoms with Crippen molar-refractivity contribution in [1.29, 1.82) is 0 Å². The zero-order chi connectivity index (χ0) is 22.9. The van der Waals surface area contributed by atoms with Crippen LogP contribution >= 0.6 is 0 Å². The molecule has 0 spiro atoms. The number of nitrogens with zero attached hydrogens (tertiary/aromatic N) is 5. The van der Waals surface area contributed by atoms with Gasteiger partial charge in [0.25, 0.3) is 0 Å². The standard InChI is InChI=1S/C21H26N6O4S/c1-3-22-21-23-15(2)14-18(24-21)25-10-12-26(13-11-25)32(30,31)17-6-4-16(5-7-17)27-19(28)8-9-20(27)29/h4-7,14H,3,8-13H2,1-2H3,(H,22,23,24). The van der Waals surface area contributed by atoms with Crippen molar-refractivity contribution in [3.8, 4) is 0 Å². The predicted molar refractivity (Wildman–Crippen MR) is 120 cm³/mol. The second-order valence-electron chi connectivity index (χ2n) is 7.73.